The number of amides is 1. The van der Waals surface area contributed by atoms with Crippen molar-refractivity contribution in [1.82, 2.24) is 5.32 Å². The summed E-state index contributed by atoms with van der Waals surface area (Å²) in [6.45, 7) is 0. The van der Waals surface area contributed by atoms with E-state index in [-0.39, 0.29) is 11.2 Å². The van der Waals surface area contributed by atoms with E-state index in [0.717, 1.165) is 10.2 Å². The molecule has 3 nitrogen and oxygen atoms in total. The van der Waals surface area contributed by atoms with Crippen LogP contribution in [0.4, 0.5) is 5.69 Å². The van der Waals surface area contributed by atoms with Gasteiger partial charge in [-0.1, -0.05) is 70.2 Å². The Hall–Kier alpha value is -2.11. The number of nitrogens with zero attached hydrogens (tertiary/aromatic N) is 1. The van der Waals surface area contributed by atoms with Crippen molar-refractivity contribution in [3.05, 3.63) is 76.8 Å². The van der Waals surface area contributed by atoms with E-state index >= 15 is 0 Å². The SMILES string of the molecule is O=C1NC(=Nc2ccc(Br)cc2)S[C@H]1Cc1cccc2ccccc12. The fraction of sp³-hybridized carbons (Fsp3) is 0.100. The lowest BCUT2D eigenvalue weighted by atomic mass is 10.0. The van der Waals surface area contributed by atoms with Gasteiger partial charge in [-0.3, -0.25) is 4.79 Å². The third kappa shape index (κ3) is 3.62. The Morgan fingerprint density at radius 3 is 2.60 bits per heavy atom. The molecule has 124 valence electrons. The molecule has 5 heteroatoms. The highest BCUT2D eigenvalue weighted by Crippen LogP contribution is 2.28. The third-order valence-electron chi connectivity index (χ3n) is 4.12. The Kier molecular flexibility index (Phi) is 4.59. The van der Waals surface area contributed by atoms with Gasteiger partial charge >= 0.3 is 0 Å². The minimum Gasteiger partial charge on any atom is -0.304 e. The summed E-state index contributed by atoms with van der Waals surface area (Å²) in [6, 6.07) is 22.2. The van der Waals surface area contributed by atoms with Gasteiger partial charge in [0, 0.05) is 4.47 Å². The lowest BCUT2D eigenvalue weighted by Crippen LogP contribution is -2.26. The summed E-state index contributed by atoms with van der Waals surface area (Å²) in [5.41, 5.74) is 2.02. The second-order valence-corrected chi connectivity index (χ2v) is 7.94. The summed E-state index contributed by atoms with van der Waals surface area (Å²) in [6.07, 6.45) is 0.692. The van der Waals surface area contributed by atoms with Gasteiger partial charge in [0.05, 0.1) is 10.9 Å². The fourth-order valence-corrected chi connectivity index (χ4v) is 4.18. The van der Waals surface area contributed by atoms with Crippen molar-refractivity contribution in [2.24, 2.45) is 4.99 Å². The van der Waals surface area contributed by atoms with Crippen LogP contribution in [0.1, 0.15) is 5.56 Å². The molecule has 1 N–H and O–H groups in total. The molecule has 1 atom stereocenters. The molecular formula is C20H15BrN2OS. The van der Waals surface area contributed by atoms with Crippen molar-refractivity contribution < 1.29 is 4.79 Å². The van der Waals surface area contributed by atoms with E-state index in [2.05, 4.69) is 50.5 Å². The lowest BCUT2D eigenvalue weighted by molar-refractivity contribution is -0.118. The number of amidine groups is 1. The van der Waals surface area contributed by atoms with Gasteiger partial charge in [0.15, 0.2) is 5.17 Å². The van der Waals surface area contributed by atoms with Crippen LogP contribution in [0.25, 0.3) is 10.8 Å². The van der Waals surface area contributed by atoms with Gasteiger partial charge in [0.25, 0.3) is 0 Å². The molecule has 1 amide bonds. The van der Waals surface area contributed by atoms with Gasteiger partial charge in [-0.2, -0.15) is 0 Å². The number of hydrogen-bond acceptors (Lipinski definition) is 3. The standard InChI is InChI=1S/C20H15BrN2OS/c21-15-8-10-16(11-9-15)22-20-23-19(24)18(25-20)12-14-6-3-5-13-4-1-2-7-17(13)14/h1-11,18H,12H2,(H,22,23,24)/t18-/m0/s1. The van der Waals surface area contributed by atoms with Crippen molar-refractivity contribution in [1.29, 1.82) is 0 Å². The molecule has 1 saturated heterocycles. The molecule has 0 radical (unpaired) electrons. The van der Waals surface area contributed by atoms with Crippen LogP contribution in [0, 0.1) is 0 Å². The Bertz CT molecular complexity index is 964. The zero-order chi connectivity index (χ0) is 17.2. The molecule has 25 heavy (non-hydrogen) atoms. The summed E-state index contributed by atoms with van der Waals surface area (Å²) >= 11 is 4.91. The van der Waals surface area contributed by atoms with E-state index < -0.39 is 0 Å². The van der Waals surface area contributed by atoms with E-state index in [9.17, 15) is 4.79 Å². The maximum atomic E-state index is 12.3. The van der Waals surface area contributed by atoms with E-state index in [1.54, 1.807) is 0 Å². The lowest BCUT2D eigenvalue weighted by Gasteiger charge is -2.09. The van der Waals surface area contributed by atoms with Crippen LogP contribution in [-0.2, 0) is 11.2 Å². The van der Waals surface area contributed by atoms with E-state index in [1.807, 2.05) is 42.5 Å². The van der Waals surface area contributed by atoms with Gasteiger partial charge in [0.1, 0.15) is 0 Å². The van der Waals surface area contributed by atoms with Crippen LogP contribution in [0.3, 0.4) is 0 Å². The molecule has 0 spiro atoms. The van der Waals surface area contributed by atoms with Gasteiger partial charge < -0.3 is 5.32 Å². The predicted molar refractivity (Wildman–Crippen MR) is 108 cm³/mol. The Labute approximate surface area is 158 Å². The van der Waals surface area contributed by atoms with Crippen LogP contribution in [-0.4, -0.2) is 16.3 Å². The number of carbonyl (C=O) groups excluding carboxylic acids is 1. The van der Waals surface area contributed by atoms with E-state index in [0.29, 0.717) is 11.6 Å². The van der Waals surface area contributed by atoms with Crippen LogP contribution in [0.15, 0.2) is 76.2 Å². The maximum absolute atomic E-state index is 12.3. The molecule has 3 aromatic carbocycles. The highest BCUT2D eigenvalue weighted by molar-refractivity contribution is 9.10. The molecule has 1 aliphatic heterocycles. The average molecular weight is 411 g/mol. The average Bonchev–Trinajstić information content (AvgIpc) is 2.96. The van der Waals surface area contributed by atoms with Crippen LogP contribution < -0.4 is 5.32 Å². The zero-order valence-corrected chi connectivity index (χ0v) is 15.7. The molecule has 1 heterocycles. The second kappa shape index (κ2) is 7.02. The fourth-order valence-electron chi connectivity index (χ4n) is 2.90. The molecule has 0 aromatic heterocycles. The number of fused-ring (bicyclic) bond motifs is 1. The van der Waals surface area contributed by atoms with Gasteiger partial charge in [-0.15, -0.1) is 0 Å². The van der Waals surface area contributed by atoms with Gasteiger partial charge in [-0.05, 0) is 47.0 Å². The monoisotopic (exact) mass is 410 g/mol. The molecular weight excluding hydrogens is 396 g/mol. The number of thioether (sulfide) groups is 1. The summed E-state index contributed by atoms with van der Waals surface area (Å²) in [5, 5.41) is 5.82. The number of carbonyl (C=O) groups is 1. The number of rotatable bonds is 3. The van der Waals surface area contributed by atoms with E-state index in [4.69, 9.17) is 0 Å². The van der Waals surface area contributed by atoms with Crippen LogP contribution in [0.5, 0.6) is 0 Å². The van der Waals surface area contributed by atoms with Gasteiger partial charge in [0.2, 0.25) is 5.91 Å². The first kappa shape index (κ1) is 16.4. The topological polar surface area (TPSA) is 41.5 Å². The van der Waals surface area contributed by atoms with Crippen molar-refractivity contribution in [2.45, 2.75) is 11.7 Å². The highest BCUT2D eigenvalue weighted by atomic mass is 79.9. The maximum Gasteiger partial charge on any atom is 0.239 e. The number of hydrogen-bond donors (Lipinski definition) is 1. The van der Waals surface area contributed by atoms with Crippen molar-refractivity contribution in [2.75, 3.05) is 0 Å². The Morgan fingerprint density at radius 1 is 1.00 bits per heavy atom. The largest absolute Gasteiger partial charge is 0.304 e. The predicted octanol–water partition coefficient (Wildman–Crippen LogP) is 5.06. The molecule has 0 bridgehead atoms. The number of benzene rings is 3. The van der Waals surface area contributed by atoms with E-state index in [1.165, 1.54) is 28.1 Å². The Balaban J connectivity index is 1.55. The first-order valence-corrected chi connectivity index (χ1v) is 9.65. The minimum atomic E-state index is -0.153. The number of nitrogens with one attached hydrogen (secondary N) is 1. The summed E-state index contributed by atoms with van der Waals surface area (Å²) < 4.78 is 1.01. The zero-order valence-electron chi connectivity index (χ0n) is 13.3. The van der Waals surface area contributed by atoms with Crippen molar-refractivity contribution in [3.8, 4) is 0 Å². The first-order chi connectivity index (χ1) is 12.2. The number of aliphatic imine (C=N–C) groups is 1. The molecule has 0 saturated carbocycles. The minimum absolute atomic E-state index is 0.0220. The highest BCUT2D eigenvalue weighted by Gasteiger charge is 2.30. The Morgan fingerprint density at radius 2 is 1.76 bits per heavy atom. The number of halogens is 1. The van der Waals surface area contributed by atoms with Crippen LogP contribution in [0.2, 0.25) is 0 Å². The quantitative estimate of drug-likeness (QED) is 0.654. The molecule has 4 rings (SSSR count). The first-order valence-electron chi connectivity index (χ1n) is 7.97. The van der Waals surface area contributed by atoms with Crippen LogP contribution >= 0.6 is 27.7 Å². The molecule has 3 aromatic rings. The summed E-state index contributed by atoms with van der Waals surface area (Å²) in [7, 11) is 0. The van der Waals surface area contributed by atoms with Crippen molar-refractivity contribution >= 4 is 55.2 Å². The smallest absolute Gasteiger partial charge is 0.239 e. The summed E-state index contributed by atoms with van der Waals surface area (Å²) in [4.78, 5) is 16.9. The molecule has 1 aliphatic rings. The molecule has 1 fully saturated rings. The molecule has 0 aliphatic carbocycles. The third-order valence-corrected chi connectivity index (χ3v) is 5.73. The molecule has 0 unspecified atom stereocenters. The normalized spacial score (nSPS) is 18.7. The summed E-state index contributed by atoms with van der Waals surface area (Å²) in [5.74, 6) is 0.0220. The van der Waals surface area contributed by atoms with Crippen molar-refractivity contribution in [3.63, 3.8) is 0 Å². The second-order valence-electron chi connectivity index (χ2n) is 5.83. The van der Waals surface area contributed by atoms with Gasteiger partial charge in [-0.25, -0.2) is 4.99 Å².